The topological polar surface area (TPSA) is 117 Å². The van der Waals surface area contributed by atoms with Gasteiger partial charge in [0.1, 0.15) is 0 Å². The number of benzene rings is 2. The second kappa shape index (κ2) is 6.86. The lowest BCUT2D eigenvalue weighted by Crippen LogP contribution is -2.13. The molecule has 2 aromatic carbocycles. The summed E-state index contributed by atoms with van der Waals surface area (Å²) < 4.78 is 33.1. The molecule has 0 bridgehead atoms. The second-order valence-corrected chi connectivity index (χ2v) is 7.79. The van der Waals surface area contributed by atoms with E-state index in [0.717, 1.165) is 0 Å². The lowest BCUT2D eigenvalue weighted by Gasteiger charge is -2.09. The number of nitrogens with one attached hydrogen (secondary N) is 3. The summed E-state index contributed by atoms with van der Waals surface area (Å²) in [6, 6.07) is 14.5. The third kappa shape index (κ3) is 3.60. The van der Waals surface area contributed by atoms with Gasteiger partial charge in [-0.2, -0.15) is 0 Å². The summed E-state index contributed by atoms with van der Waals surface area (Å²) in [6.07, 6.45) is 1.55. The van der Waals surface area contributed by atoms with Crippen molar-refractivity contribution in [3.05, 3.63) is 60.9 Å². The first-order chi connectivity index (χ1) is 13.4. The van der Waals surface area contributed by atoms with Crippen LogP contribution in [0.2, 0.25) is 0 Å². The summed E-state index contributed by atoms with van der Waals surface area (Å²) in [6.45, 7) is 1.38. The summed E-state index contributed by atoms with van der Waals surface area (Å²) in [4.78, 5) is 18.7. The van der Waals surface area contributed by atoms with Gasteiger partial charge in [0.05, 0.1) is 27.9 Å². The molecule has 142 valence electrons. The van der Waals surface area contributed by atoms with Crippen LogP contribution in [0.3, 0.4) is 0 Å². The van der Waals surface area contributed by atoms with Gasteiger partial charge in [0.2, 0.25) is 5.91 Å². The number of nitrogens with zero attached hydrogens (tertiary/aromatic N) is 1. The van der Waals surface area contributed by atoms with E-state index in [0.29, 0.717) is 34.0 Å². The molecule has 8 nitrogen and oxygen atoms in total. The number of carbonyl (C=O) groups excluding carboxylic acids is 1. The Balaban J connectivity index is 1.58. The van der Waals surface area contributed by atoms with E-state index < -0.39 is 10.0 Å². The first kappa shape index (κ1) is 17.8. The van der Waals surface area contributed by atoms with Gasteiger partial charge in [-0.05, 0) is 54.6 Å². The van der Waals surface area contributed by atoms with E-state index >= 15 is 0 Å². The molecule has 28 heavy (non-hydrogen) atoms. The fraction of sp³-hybridized carbons (Fsp3) is 0.0526. The van der Waals surface area contributed by atoms with Crippen molar-refractivity contribution in [1.29, 1.82) is 0 Å². The number of hydrogen-bond donors (Lipinski definition) is 3. The highest BCUT2D eigenvalue weighted by Gasteiger charge is 2.15. The fourth-order valence-corrected chi connectivity index (χ4v) is 3.79. The Labute approximate surface area is 160 Å². The average molecular weight is 396 g/mol. The summed E-state index contributed by atoms with van der Waals surface area (Å²) >= 11 is 0. The number of rotatable bonds is 5. The molecule has 0 radical (unpaired) electrons. The zero-order valence-electron chi connectivity index (χ0n) is 14.8. The molecule has 9 heteroatoms. The van der Waals surface area contributed by atoms with Crippen molar-refractivity contribution in [1.82, 2.24) is 9.97 Å². The van der Waals surface area contributed by atoms with Gasteiger partial charge >= 0.3 is 0 Å². The van der Waals surface area contributed by atoms with Crippen molar-refractivity contribution >= 4 is 38.3 Å². The molecule has 0 saturated carbocycles. The normalized spacial score (nSPS) is 11.5. The second-order valence-electron chi connectivity index (χ2n) is 6.11. The monoisotopic (exact) mass is 396 g/mol. The number of hydrogen-bond acceptors (Lipinski definition) is 5. The summed E-state index contributed by atoms with van der Waals surface area (Å²) in [5.41, 5.74) is 2.28. The predicted octanol–water partition coefficient (Wildman–Crippen LogP) is 3.58. The largest absolute Gasteiger partial charge is 0.461 e. The van der Waals surface area contributed by atoms with Gasteiger partial charge in [-0.25, -0.2) is 13.4 Å². The highest BCUT2D eigenvalue weighted by molar-refractivity contribution is 7.92. The Bertz CT molecular complexity index is 1240. The molecule has 2 heterocycles. The molecular formula is C19H16N4O4S. The van der Waals surface area contributed by atoms with Gasteiger partial charge in [0.15, 0.2) is 11.6 Å². The Morgan fingerprint density at radius 1 is 1.07 bits per heavy atom. The van der Waals surface area contributed by atoms with Gasteiger partial charge in [-0.15, -0.1) is 0 Å². The van der Waals surface area contributed by atoms with Crippen molar-refractivity contribution in [2.75, 3.05) is 10.0 Å². The Morgan fingerprint density at radius 3 is 2.50 bits per heavy atom. The van der Waals surface area contributed by atoms with Crippen LogP contribution in [0.5, 0.6) is 0 Å². The van der Waals surface area contributed by atoms with Crippen LogP contribution in [0.1, 0.15) is 6.92 Å². The Morgan fingerprint density at radius 2 is 1.82 bits per heavy atom. The molecule has 0 aliphatic heterocycles. The Kier molecular flexibility index (Phi) is 4.36. The summed E-state index contributed by atoms with van der Waals surface area (Å²) in [5, 5.41) is 2.59. The Hall–Kier alpha value is -3.59. The zero-order valence-corrected chi connectivity index (χ0v) is 15.6. The highest BCUT2D eigenvalue weighted by atomic mass is 32.2. The van der Waals surface area contributed by atoms with Crippen LogP contribution in [0.15, 0.2) is 70.2 Å². The van der Waals surface area contributed by atoms with Gasteiger partial charge < -0.3 is 14.7 Å². The number of amides is 1. The van der Waals surface area contributed by atoms with Gasteiger partial charge in [0.25, 0.3) is 10.0 Å². The molecule has 0 aliphatic carbocycles. The number of furan rings is 1. The average Bonchev–Trinajstić information content (AvgIpc) is 3.30. The van der Waals surface area contributed by atoms with Crippen LogP contribution in [0.4, 0.5) is 11.4 Å². The van der Waals surface area contributed by atoms with E-state index in [2.05, 4.69) is 20.0 Å². The number of anilines is 2. The molecule has 4 aromatic rings. The summed E-state index contributed by atoms with van der Waals surface area (Å²) in [5.74, 6) is 0.932. The quantitative estimate of drug-likeness (QED) is 0.477. The first-order valence-corrected chi connectivity index (χ1v) is 9.83. The molecular weight excluding hydrogens is 380 g/mol. The predicted molar refractivity (Wildman–Crippen MR) is 105 cm³/mol. The van der Waals surface area contributed by atoms with Crippen LogP contribution in [0.25, 0.3) is 22.6 Å². The third-order valence-corrected chi connectivity index (χ3v) is 5.37. The van der Waals surface area contributed by atoms with Crippen molar-refractivity contribution in [2.24, 2.45) is 0 Å². The van der Waals surface area contributed by atoms with Gasteiger partial charge in [0, 0.05) is 12.6 Å². The SMILES string of the molecule is CC(=O)Nc1ccc(S(=O)(=O)Nc2ccc3nc(-c4ccco4)[nH]c3c2)cc1. The minimum atomic E-state index is -3.78. The smallest absolute Gasteiger partial charge is 0.261 e. The maximum Gasteiger partial charge on any atom is 0.261 e. The van der Waals surface area contributed by atoms with E-state index in [1.54, 1.807) is 36.6 Å². The minimum Gasteiger partial charge on any atom is -0.461 e. The number of aromatic amines is 1. The van der Waals surface area contributed by atoms with Crippen molar-refractivity contribution in [2.45, 2.75) is 11.8 Å². The number of fused-ring (bicyclic) bond motifs is 1. The maximum absolute atomic E-state index is 12.6. The molecule has 0 spiro atoms. The number of imidazole rings is 1. The van der Waals surface area contributed by atoms with Crippen LogP contribution >= 0.6 is 0 Å². The van der Waals surface area contributed by atoms with E-state index in [1.807, 2.05) is 0 Å². The van der Waals surface area contributed by atoms with Crippen molar-refractivity contribution in [3.8, 4) is 11.6 Å². The molecule has 0 unspecified atom stereocenters. The van der Waals surface area contributed by atoms with Crippen molar-refractivity contribution < 1.29 is 17.6 Å². The fourth-order valence-electron chi connectivity index (χ4n) is 2.74. The van der Waals surface area contributed by atoms with E-state index in [-0.39, 0.29) is 10.8 Å². The van der Waals surface area contributed by atoms with Crippen LogP contribution in [-0.2, 0) is 14.8 Å². The number of sulfonamides is 1. The number of aromatic nitrogens is 2. The van der Waals surface area contributed by atoms with E-state index in [1.165, 1.54) is 31.2 Å². The van der Waals surface area contributed by atoms with Gasteiger partial charge in [-0.3, -0.25) is 9.52 Å². The van der Waals surface area contributed by atoms with E-state index in [9.17, 15) is 13.2 Å². The zero-order chi connectivity index (χ0) is 19.7. The minimum absolute atomic E-state index is 0.0857. The lowest BCUT2D eigenvalue weighted by atomic mass is 10.3. The lowest BCUT2D eigenvalue weighted by molar-refractivity contribution is -0.114. The van der Waals surface area contributed by atoms with Gasteiger partial charge in [-0.1, -0.05) is 0 Å². The molecule has 1 amide bonds. The maximum atomic E-state index is 12.6. The summed E-state index contributed by atoms with van der Waals surface area (Å²) in [7, 11) is -3.78. The molecule has 0 aliphatic rings. The molecule has 0 fully saturated rings. The number of H-pyrrole nitrogens is 1. The number of carbonyl (C=O) groups is 1. The molecule has 0 atom stereocenters. The highest BCUT2D eigenvalue weighted by Crippen LogP contribution is 2.25. The van der Waals surface area contributed by atoms with Crippen LogP contribution < -0.4 is 10.0 Å². The molecule has 2 aromatic heterocycles. The van der Waals surface area contributed by atoms with Crippen molar-refractivity contribution in [3.63, 3.8) is 0 Å². The molecule has 4 rings (SSSR count). The third-order valence-electron chi connectivity index (χ3n) is 3.97. The van der Waals surface area contributed by atoms with Crippen LogP contribution in [0, 0.1) is 0 Å². The molecule has 3 N–H and O–H groups in total. The molecule has 0 saturated heterocycles. The standard InChI is InChI=1S/C19H16N4O4S/c1-12(24)20-13-4-7-15(8-5-13)28(25,26)23-14-6-9-16-17(11-14)22-19(21-16)18-3-2-10-27-18/h2-11,23H,1H3,(H,20,24)(H,21,22). The first-order valence-electron chi connectivity index (χ1n) is 8.35. The van der Waals surface area contributed by atoms with E-state index in [4.69, 9.17) is 4.42 Å². The van der Waals surface area contributed by atoms with Crippen LogP contribution in [-0.4, -0.2) is 24.3 Å².